The number of ketones is 1. The molecule has 2 bridgehead atoms. The highest BCUT2D eigenvalue weighted by molar-refractivity contribution is 7.14. The van der Waals surface area contributed by atoms with Gasteiger partial charge in [0.1, 0.15) is 5.60 Å². The van der Waals surface area contributed by atoms with Crippen molar-refractivity contribution in [1.82, 2.24) is 4.90 Å². The van der Waals surface area contributed by atoms with Crippen LogP contribution in [0.5, 0.6) is 0 Å². The summed E-state index contributed by atoms with van der Waals surface area (Å²) in [5.74, 6) is 6.49. The number of aliphatic hydroxyl groups is 1. The molecule has 3 saturated heterocycles. The number of Topliss-reactive ketones (excluding diaryl/α,β-unsaturated/α-hetero) is 1. The first-order valence-corrected chi connectivity index (χ1v) is 7.47. The molecule has 1 aromatic heterocycles. The summed E-state index contributed by atoms with van der Waals surface area (Å²) in [6, 6.07) is 3.66. The van der Waals surface area contributed by atoms with Crippen molar-refractivity contribution in [2.24, 2.45) is 5.92 Å². The van der Waals surface area contributed by atoms with E-state index in [0.29, 0.717) is 12.5 Å². The maximum absolute atomic E-state index is 11.2. The quantitative estimate of drug-likeness (QED) is 0.627. The van der Waals surface area contributed by atoms with E-state index in [9.17, 15) is 9.90 Å². The van der Waals surface area contributed by atoms with Gasteiger partial charge in [-0.15, -0.1) is 11.3 Å². The fourth-order valence-corrected chi connectivity index (χ4v) is 3.70. The Morgan fingerprint density at radius 2 is 2.21 bits per heavy atom. The van der Waals surface area contributed by atoms with E-state index in [1.165, 1.54) is 11.3 Å². The Hall–Kier alpha value is -1.15. The van der Waals surface area contributed by atoms with Crippen molar-refractivity contribution >= 4 is 17.1 Å². The van der Waals surface area contributed by atoms with Crippen molar-refractivity contribution in [3.05, 3.63) is 21.9 Å². The van der Waals surface area contributed by atoms with Crippen LogP contribution in [-0.2, 0) is 0 Å². The minimum Gasteiger partial charge on any atom is -0.376 e. The molecule has 1 N–H and O–H groups in total. The zero-order valence-corrected chi connectivity index (χ0v) is 11.8. The van der Waals surface area contributed by atoms with E-state index in [4.69, 9.17) is 0 Å². The van der Waals surface area contributed by atoms with E-state index in [1.54, 1.807) is 13.0 Å². The van der Waals surface area contributed by atoms with Gasteiger partial charge in [0.05, 0.1) is 9.75 Å². The Morgan fingerprint density at radius 1 is 1.47 bits per heavy atom. The number of thiophene rings is 1. The summed E-state index contributed by atoms with van der Waals surface area (Å²) in [4.78, 5) is 15.1. The standard InChI is InChI=1S/C15H17NO2S/c1-11(17)14-3-2-13(19-14)4-7-15(18)10-16-8-5-12(15)6-9-16/h2-3,12,18H,5-6,8-10H2,1H3. The van der Waals surface area contributed by atoms with Gasteiger partial charge in [0.2, 0.25) is 0 Å². The maximum atomic E-state index is 11.2. The highest BCUT2D eigenvalue weighted by Crippen LogP contribution is 2.35. The molecule has 0 aromatic carbocycles. The second kappa shape index (κ2) is 4.75. The van der Waals surface area contributed by atoms with Crippen molar-refractivity contribution in [2.75, 3.05) is 19.6 Å². The lowest BCUT2D eigenvalue weighted by molar-refractivity contribution is -0.0713. The zero-order chi connectivity index (χ0) is 13.5. The minimum absolute atomic E-state index is 0.0691. The molecule has 3 aliphatic heterocycles. The summed E-state index contributed by atoms with van der Waals surface area (Å²) in [7, 11) is 0. The summed E-state index contributed by atoms with van der Waals surface area (Å²) in [5, 5.41) is 10.7. The number of rotatable bonds is 1. The van der Waals surface area contributed by atoms with Crippen LogP contribution in [0.3, 0.4) is 0 Å². The first kappa shape index (κ1) is 12.9. The van der Waals surface area contributed by atoms with Crippen LogP contribution in [0, 0.1) is 17.8 Å². The van der Waals surface area contributed by atoms with E-state index >= 15 is 0 Å². The van der Waals surface area contributed by atoms with Crippen LogP contribution in [0.15, 0.2) is 12.1 Å². The van der Waals surface area contributed by atoms with Gasteiger partial charge in [-0.25, -0.2) is 0 Å². The Labute approximate surface area is 117 Å². The predicted molar refractivity (Wildman–Crippen MR) is 75.3 cm³/mol. The second-order valence-electron chi connectivity index (χ2n) is 5.44. The van der Waals surface area contributed by atoms with E-state index < -0.39 is 5.60 Å². The van der Waals surface area contributed by atoms with Gasteiger partial charge in [-0.1, -0.05) is 11.8 Å². The molecule has 3 nitrogen and oxygen atoms in total. The number of hydrogen-bond acceptors (Lipinski definition) is 4. The minimum atomic E-state index is -0.864. The third-order valence-corrected chi connectivity index (χ3v) is 5.18. The molecule has 100 valence electrons. The fourth-order valence-electron chi connectivity index (χ4n) is 2.94. The van der Waals surface area contributed by atoms with E-state index in [0.717, 1.165) is 35.7 Å². The lowest BCUT2D eigenvalue weighted by Crippen LogP contribution is -2.58. The maximum Gasteiger partial charge on any atom is 0.169 e. The van der Waals surface area contributed by atoms with Crippen LogP contribution in [0.1, 0.15) is 34.3 Å². The molecule has 19 heavy (non-hydrogen) atoms. The molecule has 4 rings (SSSR count). The molecule has 0 saturated carbocycles. The lowest BCUT2D eigenvalue weighted by atomic mass is 9.76. The van der Waals surface area contributed by atoms with Gasteiger partial charge in [0.15, 0.2) is 5.78 Å². The van der Waals surface area contributed by atoms with Gasteiger partial charge in [-0.3, -0.25) is 9.69 Å². The molecule has 4 heteroatoms. The Kier molecular flexibility index (Phi) is 3.22. The molecule has 0 amide bonds. The Morgan fingerprint density at radius 3 is 2.74 bits per heavy atom. The molecule has 3 fully saturated rings. The molecule has 3 aliphatic rings. The zero-order valence-electron chi connectivity index (χ0n) is 11.0. The SMILES string of the molecule is CC(=O)c1ccc(C#CC2(O)CN3CCC2CC3)s1. The van der Waals surface area contributed by atoms with Gasteiger partial charge >= 0.3 is 0 Å². The highest BCUT2D eigenvalue weighted by Gasteiger charge is 2.44. The van der Waals surface area contributed by atoms with Gasteiger partial charge in [-0.05, 0) is 45.0 Å². The highest BCUT2D eigenvalue weighted by atomic mass is 32.1. The summed E-state index contributed by atoms with van der Waals surface area (Å²) < 4.78 is 0. The smallest absolute Gasteiger partial charge is 0.169 e. The summed E-state index contributed by atoms with van der Waals surface area (Å²) in [5.41, 5.74) is -0.864. The number of carbonyl (C=O) groups is 1. The van der Waals surface area contributed by atoms with Crippen molar-refractivity contribution in [3.63, 3.8) is 0 Å². The summed E-state index contributed by atoms with van der Waals surface area (Å²) in [6.07, 6.45) is 2.07. The number of nitrogens with zero attached hydrogens (tertiary/aromatic N) is 1. The van der Waals surface area contributed by atoms with Crippen molar-refractivity contribution in [1.29, 1.82) is 0 Å². The molecular formula is C15H17NO2S. The Bertz CT molecular complexity index is 560. The van der Waals surface area contributed by atoms with Gasteiger partial charge in [0.25, 0.3) is 0 Å². The number of carbonyl (C=O) groups excluding carboxylic acids is 1. The van der Waals surface area contributed by atoms with Crippen LogP contribution in [0.4, 0.5) is 0 Å². The molecule has 0 spiro atoms. The van der Waals surface area contributed by atoms with Crippen LogP contribution < -0.4 is 0 Å². The fraction of sp³-hybridized carbons (Fsp3) is 0.533. The van der Waals surface area contributed by atoms with Crippen molar-refractivity contribution in [3.8, 4) is 11.8 Å². The molecule has 0 radical (unpaired) electrons. The summed E-state index contributed by atoms with van der Waals surface area (Å²) >= 11 is 1.40. The topological polar surface area (TPSA) is 40.5 Å². The van der Waals surface area contributed by atoms with Gasteiger partial charge < -0.3 is 5.11 Å². The molecule has 4 heterocycles. The molecule has 1 atom stereocenters. The molecule has 0 aliphatic carbocycles. The molecule has 1 aromatic rings. The number of fused-ring (bicyclic) bond motifs is 3. The first-order chi connectivity index (χ1) is 9.07. The number of piperidine rings is 3. The van der Waals surface area contributed by atoms with Crippen molar-refractivity contribution < 1.29 is 9.90 Å². The Balaban J connectivity index is 1.80. The van der Waals surface area contributed by atoms with E-state index in [-0.39, 0.29) is 5.78 Å². The van der Waals surface area contributed by atoms with Crippen LogP contribution in [0.2, 0.25) is 0 Å². The van der Waals surface area contributed by atoms with Crippen molar-refractivity contribution in [2.45, 2.75) is 25.4 Å². The van der Waals surface area contributed by atoms with Crippen LogP contribution >= 0.6 is 11.3 Å². The van der Waals surface area contributed by atoms with E-state index in [2.05, 4.69) is 16.7 Å². The first-order valence-electron chi connectivity index (χ1n) is 6.65. The largest absolute Gasteiger partial charge is 0.376 e. The normalized spacial score (nSPS) is 32.7. The predicted octanol–water partition coefficient (Wildman–Crippen LogP) is 1.76. The lowest BCUT2D eigenvalue weighted by Gasteiger charge is -2.47. The average molecular weight is 275 g/mol. The van der Waals surface area contributed by atoms with Gasteiger partial charge in [-0.2, -0.15) is 0 Å². The third-order valence-electron chi connectivity index (χ3n) is 4.08. The summed E-state index contributed by atoms with van der Waals surface area (Å²) in [6.45, 7) is 4.39. The van der Waals surface area contributed by atoms with E-state index in [1.807, 2.05) is 6.07 Å². The monoisotopic (exact) mass is 275 g/mol. The van der Waals surface area contributed by atoms with Crippen LogP contribution in [-0.4, -0.2) is 41.0 Å². The molecular weight excluding hydrogens is 258 g/mol. The van der Waals surface area contributed by atoms with Gasteiger partial charge in [0, 0.05) is 12.5 Å². The number of hydrogen-bond donors (Lipinski definition) is 1. The average Bonchev–Trinajstić information content (AvgIpc) is 2.87. The second-order valence-corrected chi connectivity index (χ2v) is 6.53. The van der Waals surface area contributed by atoms with Crippen LogP contribution in [0.25, 0.3) is 0 Å². The molecule has 1 unspecified atom stereocenters. The third kappa shape index (κ3) is 2.46.